The molecule has 0 fully saturated rings. The number of aromatic nitrogens is 1. The van der Waals surface area contributed by atoms with E-state index in [-0.39, 0.29) is 5.82 Å². The van der Waals surface area contributed by atoms with Crippen molar-refractivity contribution in [1.29, 1.82) is 0 Å². The molecule has 0 atom stereocenters. The predicted molar refractivity (Wildman–Crippen MR) is 91.1 cm³/mol. The molecule has 0 aliphatic heterocycles. The minimum Gasteiger partial charge on any atom is -0.461 e. The van der Waals surface area contributed by atoms with Crippen molar-refractivity contribution in [2.45, 2.75) is 20.8 Å². The Morgan fingerprint density at radius 1 is 0.957 bits per heavy atom. The quantitative estimate of drug-likeness (QED) is 0.450. The van der Waals surface area contributed by atoms with Gasteiger partial charge in [0.15, 0.2) is 0 Å². The van der Waals surface area contributed by atoms with Crippen LogP contribution in [0, 0.1) is 26.6 Å². The highest BCUT2D eigenvalue weighted by atomic mass is 19.1. The van der Waals surface area contributed by atoms with Crippen LogP contribution < -0.4 is 0 Å². The lowest BCUT2D eigenvalue weighted by Crippen LogP contribution is -1.91. The van der Waals surface area contributed by atoms with E-state index in [2.05, 4.69) is 30.1 Å². The monoisotopic (exact) mass is 305 g/mol. The lowest BCUT2D eigenvalue weighted by molar-refractivity contribution is 0.577. The van der Waals surface area contributed by atoms with Crippen molar-refractivity contribution in [2.75, 3.05) is 0 Å². The molecule has 0 saturated carbocycles. The van der Waals surface area contributed by atoms with Gasteiger partial charge >= 0.3 is 0 Å². The van der Waals surface area contributed by atoms with E-state index in [1.807, 2.05) is 19.1 Å². The van der Waals surface area contributed by atoms with Crippen LogP contribution in [0.15, 0.2) is 47.0 Å². The van der Waals surface area contributed by atoms with E-state index in [0.717, 1.165) is 22.0 Å². The fourth-order valence-electron chi connectivity index (χ4n) is 3.12. The summed E-state index contributed by atoms with van der Waals surface area (Å²) in [5.74, 6) is 0.471. The summed E-state index contributed by atoms with van der Waals surface area (Å²) in [6, 6.07) is 11.8. The van der Waals surface area contributed by atoms with Gasteiger partial charge in [0.2, 0.25) is 0 Å². The molecule has 0 bridgehead atoms. The second kappa shape index (κ2) is 4.92. The third-order valence-electron chi connectivity index (χ3n) is 4.22. The molecule has 2 heterocycles. The van der Waals surface area contributed by atoms with Crippen LogP contribution >= 0.6 is 0 Å². The van der Waals surface area contributed by atoms with Gasteiger partial charge in [-0.05, 0) is 49.9 Å². The number of aryl methyl sites for hydroxylation is 3. The normalized spacial score (nSPS) is 11.5. The van der Waals surface area contributed by atoms with Crippen molar-refractivity contribution in [3.8, 4) is 11.3 Å². The van der Waals surface area contributed by atoms with Crippen molar-refractivity contribution in [1.82, 2.24) is 4.98 Å². The maximum Gasteiger partial charge on any atom is 0.146 e. The number of hydrogen-bond donors (Lipinski definition) is 0. The zero-order valence-electron chi connectivity index (χ0n) is 13.3. The van der Waals surface area contributed by atoms with Crippen molar-refractivity contribution in [3.63, 3.8) is 0 Å². The first-order valence-electron chi connectivity index (χ1n) is 7.59. The van der Waals surface area contributed by atoms with Crippen molar-refractivity contribution in [2.24, 2.45) is 0 Å². The Hall–Kier alpha value is -2.68. The van der Waals surface area contributed by atoms with Gasteiger partial charge in [-0.2, -0.15) is 0 Å². The van der Waals surface area contributed by atoms with E-state index in [0.29, 0.717) is 22.3 Å². The molecule has 0 saturated heterocycles. The SMILES string of the molecule is Cc1ccc2c(-c3cc(C)c(F)c4cc(C)oc34)nccc2c1. The first-order valence-corrected chi connectivity index (χ1v) is 7.59. The first kappa shape index (κ1) is 13.9. The third-order valence-corrected chi connectivity index (χ3v) is 4.22. The van der Waals surface area contributed by atoms with Gasteiger partial charge in [0.05, 0.1) is 11.1 Å². The number of hydrogen-bond acceptors (Lipinski definition) is 2. The van der Waals surface area contributed by atoms with E-state index in [1.165, 1.54) is 5.56 Å². The molecule has 4 aromatic rings. The molecule has 4 rings (SSSR count). The summed E-state index contributed by atoms with van der Waals surface area (Å²) in [6.45, 7) is 5.67. The molecule has 3 heteroatoms. The Labute approximate surface area is 133 Å². The third kappa shape index (κ3) is 2.12. The Kier molecular flexibility index (Phi) is 2.98. The second-order valence-electron chi connectivity index (χ2n) is 6.04. The van der Waals surface area contributed by atoms with Gasteiger partial charge in [-0.15, -0.1) is 0 Å². The van der Waals surface area contributed by atoms with Crippen LogP contribution in [0.2, 0.25) is 0 Å². The van der Waals surface area contributed by atoms with Crippen LogP contribution in [0.4, 0.5) is 4.39 Å². The molecule has 0 unspecified atom stereocenters. The summed E-state index contributed by atoms with van der Waals surface area (Å²) < 4.78 is 20.2. The van der Waals surface area contributed by atoms with Crippen molar-refractivity contribution >= 4 is 21.7 Å². The molecule has 23 heavy (non-hydrogen) atoms. The second-order valence-corrected chi connectivity index (χ2v) is 6.04. The summed E-state index contributed by atoms with van der Waals surface area (Å²) in [6.07, 6.45) is 1.79. The lowest BCUT2D eigenvalue weighted by atomic mass is 9.99. The van der Waals surface area contributed by atoms with E-state index in [9.17, 15) is 4.39 Å². The average Bonchev–Trinajstić information content (AvgIpc) is 2.92. The van der Waals surface area contributed by atoms with E-state index in [1.54, 1.807) is 19.2 Å². The molecular weight excluding hydrogens is 289 g/mol. The Bertz CT molecular complexity index is 1060. The van der Waals surface area contributed by atoms with Crippen LogP contribution in [0.3, 0.4) is 0 Å². The van der Waals surface area contributed by atoms with Gasteiger partial charge in [0.1, 0.15) is 17.2 Å². The number of benzene rings is 2. The van der Waals surface area contributed by atoms with Crippen LogP contribution in [0.1, 0.15) is 16.9 Å². The van der Waals surface area contributed by atoms with E-state index in [4.69, 9.17) is 4.42 Å². The lowest BCUT2D eigenvalue weighted by Gasteiger charge is -2.09. The predicted octanol–water partition coefficient (Wildman–Crippen LogP) is 5.71. The summed E-state index contributed by atoms with van der Waals surface area (Å²) in [5, 5.41) is 2.68. The Morgan fingerprint density at radius 3 is 2.61 bits per heavy atom. The molecule has 0 aliphatic carbocycles. The molecule has 2 aromatic heterocycles. The fraction of sp³-hybridized carbons (Fsp3) is 0.150. The molecule has 0 amide bonds. The van der Waals surface area contributed by atoms with Crippen LogP contribution in [-0.2, 0) is 0 Å². The van der Waals surface area contributed by atoms with Gasteiger partial charge in [-0.1, -0.05) is 23.8 Å². The largest absolute Gasteiger partial charge is 0.461 e. The Morgan fingerprint density at radius 2 is 1.78 bits per heavy atom. The summed E-state index contributed by atoms with van der Waals surface area (Å²) in [4.78, 5) is 4.55. The summed E-state index contributed by atoms with van der Waals surface area (Å²) in [5.41, 5.74) is 4.01. The number of pyridine rings is 1. The van der Waals surface area contributed by atoms with Crippen molar-refractivity contribution < 1.29 is 8.81 Å². The minimum absolute atomic E-state index is 0.225. The standard InChI is InChI=1S/C20H16FNO/c1-11-4-5-15-14(8-11)6-7-22-19(15)17-9-12(2)18(21)16-10-13(3)23-20(16)17/h4-10H,1-3H3. The van der Waals surface area contributed by atoms with Gasteiger partial charge in [0, 0.05) is 17.1 Å². The average molecular weight is 305 g/mol. The summed E-state index contributed by atoms with van der Waals surface area (Å²) >= 11 is 0. The molecule has 2 aromatic carbocycles. The van der Waals surface area contributed by atoms with Gasteiger partial charge in [-0.3, -0.25) is 4.98 Å². The van der Waals surface area contributed by atoms with Gasteiger partial charge < -0.3 is 4.42 Å². The van der Waals surface area contributed by atoms with Crippen LogP contribution in [-0.4, -0.2) is 4.98 Å². The maximum atomic E-state index is 14.4. The van der Waals surface area contributed by atoms with E-state index >= 15 is 0 Å². The zero-order valence-corrected chi connectivity index (χ0v) is 13.3. The molecule has 0 spiro atoms. The highest BCUT2D eigenvalue weighted by Crippen LogP contribution is 2.36. The number of fused-ring (bicyclic) bond motifs is 2. The number of nitrogens with zero attached hydrogens (tertiary/aromatic N) is 1. The maximum absolute atomic E-state index is 14.4. The molecule has 114 valence electrons. The van der Waals surface area contributed by atoms with Crippen LogP contribution in [0.25, 0.3) is 33.0 Å². The summed E-state index contributed by atoms with van der Waals surface area (Å²) in [7, 11) is 0. The highest BCUT2D eigenvalue weighted by molar-refractivity contribution is 6.02. The molecule has 0 N–H and O–H groups in total. The first-order chi connectivity index (χ1) is 11.0. The topological polar surface area (TPSA) is 26.0 Å². The molecule has 0 aliphatic rings. The van der Waals surface area contributed by atoms with Crippen molar-refractivity contribution in [3.05, 3.63) is 65.3 Å². The Balaban J connectivity index is 2.13. The highest BCUT2D eigenvalue weighted by Gasteiger charge is 2.17. The smallest absolute Gasteiger partial charge is 0.146 e. The molecular formula is C20H16FNO. The number of furan rings is 1. The number of rotatable bonds is 1. The van der Waals surface area contributed by atoms with Crippen LogP contribution in [0.5, 0.6) is 0 Å². The van der Waals surface area contributed by atoms with Gasteiger partial charge in [0.25, 0.3) is 0 Å². The molecule has 0 radical (unpaired) electrons. The molecule has 2 nitrogen and oxygen atoms in total. The fourth-order valence-corrected chi connectivity index (χ4v) is 3.12. The number of halogens is 1. The van der Waals surface area contributed by atoms with E-state index < -0.39 is 0 Å². The van der Waals surface area contributed by atoms with Gasteiger partial charge in [-0.25, -0.2) is 4.39 Å². The minimum atomic E-state index is -0.225. The zero-order chi connectivity index (χ0) is 16.1.